The second kappa shape index (κ2) is 7.57. The number of nitrogens with zero attached hydrogens (tertiary/aromatic N) is 1. The summed E-state index contributed by atoms with van der Waals surface area (Å²) >= 11 is 6.24. The maximum atomic E-state index is 13.4. The summed E-state index contributed by atoms with van der Waals surface area (Å²) < 4.78 is 0. The second-order valence-electron chi connectivity index (χ2n) is 6.94. The molecule has 2 amide bonds. The predicted molar refractivity (Wildman–Crippen MR) is 117 cm³/mol. The summed E-state index contributed by atoms with van der Waals surface area (Å²) in [6.07, 6.45) is 0. The van der Waals surface area contributed by atoms with Gasteiger partial charge in [-0.15, -0.1) is 0 Å². The number of nitrogens with one attached hydrogen (secondary N) is 1. The van der Waals surface area contributed by atoms with Crippen molar-refractivity contribution in [3.63, 3.8) is 0 Å². The van der Waals surface area contributed by atoms with Crippen LogP contribution in [0.2, 0.25) is 5.02 Å². The first-order valence-corrected chi connectivity index (χ1v) is 9.62. The number of benzene rings is 3. The topological polar surface area (TPSA) is 49.4 Å². The summed E-state index contributed by atoms with van der Waals surface area (Å²) in [4.78, 5) is 28.0. The lowest BCUT2D eigenvalue weighted by Crippen LogP contribution is -2.33. The molecule has 0 aromatic heterocycles. The smallest absolute Gasteiger partial charge is 0.282 e. The molecule has 0 aliphatic carbocycles. The van der Waals surface area contributed by atoms with Crippen molar-refractivity contribution in [3.05, 3.63) is 100 Å². The number of rotatable bonds is 4. The van der Waals surface area contributed by atoms with Crippen LogP contribution in [0.4, 0.5) is 11.4 Å². The number of imide groups is 1. The van der Waals surface area contributed by atoms with Crippen LogP contribution in [0.15, 0.2) is 78.5 Å². The minimum atomic E-state index is -0.403. The van der Waals surface area contributed by atoms with E-state index in [2.05, 4.69) is 5.32 Å². The Morgan fingerprint density at radius 1 is 0.793 bits per heavy atom. The molecule has 1 aliphatic heterocycles. The van der Waals surface area contributed by atoms with Crippen LogP contribution in [0.1, 0.15) is 16.7 Å². The summed E-state index contributed by atoms with van der Waals surface area (Å²) in [6, 6.07) is 22.1. The first-order chi connectivity index (χ1) is 14.0. The van der Waals surface area contributed by atoms with E-state index in [9.17, 15) is 9.59 Å². The first-order valence-electron chi connectivity index (χ1n) is 9.24. The molecule has 3 aromatic rings. The van der Waals surface area contributed by atoms with E-state index >= 15 is 0 Å². The van der Waals surface area contributed by atoms with Gasteiger partial charge in [0.05, 0.1) is 11.3 Å². The maximum absolute atomic E-state index is 13.4. The Morgan fingerprint density at radius 2 is 1.48 bits per heavy atom. The summed E-state index contributed by atoms with van der Waals surface area (Å²) in [5.74, 6) is -0.777. The predicted octanol–water partition coefficient (Wildman–Crippen LogP) is 5.35. The summed E-state index contributed by atoms with van der Waals surface area (Å²) in [7, 11) is 0. The van der Waals surface area contributed by atoms with E-state index in [4.69, 9.17) is 11.6 Å². The lowest BCUT2D eigenvalue weighted by molar-refractivity contribution is -0.120. The summed E-state index contributed by atoms with van der Waals surface area (Å²) in [5.41, 5.74) is 4.30. The fourth-order valence-electron chi connectivity index (χ4n) is 3.36. The molecule has 0 fully saturated rings. The highest BCUT2D eigenvalue weighted by Gasteiger charge is 2.40. The quantitative estimate of drug-likeness (QED) is 0.598. The lowest BCUT2D eigenvalue weighted by Gasteiger charge is -2.18. The van der Waals surface area contributed by atoms with Crippen molar-refractivity contribution >= 4 is 40.4 Å². The Kier molecular flexibility index (Phi) is 4.95. The number of halogens is 1. The van der Waals surface area contributed by atoms with E-state index < -0.39 is 5.91 Å². The molecule has 1 N–H and O–H groups in total. The van der Waals surface area contributed by atoms with E-state index in [0.717, 1.165) is 11.3 Å². The Bertz CT molecular complexity index is 1140. The number of hydrogen-bond donors (Lipinski definition) is 1. The van der Waals surface area contributed by atoms with Gasteiger partial charge in [0.25, 0.3) is 11.8 Å². The fourth-order valence-corrected chi connectivity index (χ4v) is 3.53. The number of carbonyl (C=O) groups excluding carboxylic acids is 2. The van der Waals surface area contributed by atoms with Gasteiger partial charge in [-0.05, 0) is 49.2 Å². The van der Waals surface area contributed by atoms with Crippen LogP contribution in [0.5, 0.6) is 0 Å². The van der Waals surface area contributed by atoms with Crippen molar-refractivity contribution in [1.82, 2.24) is 0 Å². The molecule has 0 spiro atoms. The normalized spacial score (nSPS) is 14.0. The van der Waals surface area contributed by atoms with Crippen LogP contribution in [0.25, 0.3) is 5.57 Å². The minimum absolute atomic E-state index is 0.254. The van der Waals surface area contributed by atoms with Crippen LogP contribution >= 0.6 is 11.6 Å². The monoisotopic (exact) mass is 402 g/mol. The lowest BCUT2D eigenvalue weighted by atomic mass is 10.0. The molecule has 1 aliphatic rings. The number of anilines is 2. The zero-order valence-corrected chi connectivity index (χ0v) is 16.8. The van der Waals surface area contributed by atoms with Crippen molar-refractivity contribution in [3.8, 4) is 0 Å². The molecule has 0 saturated heterocycles. The van der Waals surface area contributed by atoms with Crippen LogP contribution in [-0.4, -0.2) is 11.8 Å². The molecule has 0 atom stereocenters. The Morgan fingerprint density at radius 3 is 2.17 bits per heavy atom. The van der Waals surface area contributed by atoms with Crippen molar-refractivity contribution in [2.75, 3.05) is 10.2 Å². The van der Waals surface area contributed by atoms with Gasteiger partial charge in [-0.25, -0.2) is 4.90 Å². The molecule has 4 rings (SSSR count). The van der Waals surface area contributed by atoms with Gasteiger partial charge in [0.1, 0.15) is 5.70 Å². The van der Waals surface area contributed by atoms with E-state index in [1.807, 2.05) is 61.5 Å². The third-order valence-electron chi connectivity index (χ3n) is 4.95. The average Bonchev–Trinajstić information content (AvgIpc) is 2.96. The van der Waals surface area contributed by atoms with Crippen LogP contribution in [0.3, 0.4) is 0 Å². The largest absolute Gasteiger partial charge is 0.350 e. The van der Waals surface area contributed by atoms with Crippen LogP contribution in [0, 0.1) is 13.8 Å². The molecule has 4 nitrogen and oxygen atoms in total. The van der Waals surface area contributed by atoms with E-state index in [-0.39, 0.29) is 11.6 Å². The maximum Gasteiger partial charge on any atom is 0.282 e. The molecule has 5 heteroatoms. The minimum Gasteiger partial charge on any atom is -0.350 e. The number of carbonyl (C=O) groups is 2. The van der Waals surface area contributed by atoms with Gasteiger partial charge in [0, 0.05) is 10.7 Å². The summed E-state index contributed by atoms with van der Waals surface area (Å²) in [6.45, 7) is 3.79. The van der Waals surface area contributed by atoms with Gasteiger partial charge >= 0.3 is 0 Å². The molecule has 0 radical (unpaired) electrons. The molecular weight excluding hydrogens is 384 g/mol. The standard InChI is InChI=1S/C24H19ClN2O2/c1-15-11-13-18(14-12-15)26-22-21(17-7-4-3-5-8-17)23(28)27(24(22)29)20-10-6-9-19(25)16(20)2/h3-14,26H,1-2H3. The highest BCUT2D eigenvalue weighted by molar-refractivity contribution is 6.46. The van der Waals surface area contributed by atoms with Crippen molar-refractivity contribution < 1.29 is 9.59 Å². The van der Waals surface area contributed by atoms with Crippen molar-refractivity contribution in [2.45, 2.75) is 13.8 Å². The van der Waals surface area contributed by atoms with Gasteiger partial charge in [-0.1, -0.05) is 65.7 Å². The molecule has 0 saturated carbocycles. The van der Waals surface area contributed by atoms with E-state index in [0.29, 0.717) is 27.4 Å². The molecule has 0 bridgehead atoms. The molecule has 144 valence electrons. The first kappa shape index (κ1) is 19.0. The third-order valence-corrected chi connectivity index (χ3v) is 5.36. The average molecular weight is 403 g/mol. The fraction of sp³-hybridized carbons (Fsp3) is 0.0833. The van der Waals surface area contributed by atoms with Gasteiger partial charge in [-0.3, -0.25) is 9.59 Å². The SMILES string of the molecule is Cc1ccc(NC2=C(c3ccccc3)C(=O)N(c3cccc(Cl)c3C)C2=O)cc1. The Labute approximate surface area is 174 Å². The van der Waals surface area contributed by atoms with E-state index in [1.54, 1.807) is 25.1 Å². The number of aryl methyl sites for hydroxylation is 1. The van der Waals surface area contributed by atoms with Crippen LogP contribution < -0.4 is 10.2 Å². The highest BCUT2D eigenvalue weighted by Crippen LogP contribution is 2.36. The van der Waals surface area contributed by atoms with E-state index in [1.165, 1.54) is 4.90 Å². The molecular formula is C24H19ClN2O2. The molecule has 29 heavy (non-hydrogen) atoms. The van der Waals surface area contributed by atoms with Gasteiger partial charge in [-0.2, -0.15) is 0 Å². The second-order valence-corrected chi connectivity index (χ2v) is 7.34. The van der Waals surface area contributed by atoms with Crippen molar-refractivity contribution in [2.24, 2.45) is 0 Å². The Hall–Kier alpha value is -3.37. The molecule has 0 unspecified atom stereocenters. The zero-order valence-electron chi connectivity index (χ0n) is 16.1. The molecule has 1 heterocycles. The number of amides is 2. The number of hydrogen-bond acceptors (Lipinski definition) is 3. The van der Waals surface area contributed by atoms with Crippen LogP contribution in [-0.2, 0) is 9.59 Å². The molecule has 3 aromatic carbocycles. The van der Waals surface area contributed by atoms with Gasteiger partial charge in [0.2, 0.25) is 0 Å². The van der Waals surface area contributed by atoms with Gasteiger partial charge in [0.15, 0.2) is 0 Å². The zero-order chi connectivity index (χ0) is 20.5. The highest BCUT2D eigenvalue weighted by atomic mass is 35.5. The van der Waals surface area contributed by atoms with Crippen molar-refractivity contribution in [1.29, 1.82) is 0 Å². The van der Waals surface area contributed by atoms with Gasteiger partial charge < -0.3 is 5.32 Å². The summed E-state index contributed by atoms with van der Waals surface area (Å²) in [5, 5.41) is 3.67. The Balaban J connectivity index is 1.84. The third kappa shape index (κ3) is 3.43.